The zero-order valence-corrected chi connectivity index (χ0v) is 10.1. The average molecular weight is 213 g/mol. The normalized spacial score (nSPS) is 14.8. The monoisotopic (exact) mass is 213 g/mol. The lowest BCUT2D eigenvalue weighted by molar-refractivity contribution is 0.928. The first-order chi connectivity index (χ1) is 7.81. The molecule has 0 heterocycles. The van der Waals surface area contributed by atoms with Crippen LogP contribution in [0.1, 0.15) is 25.3 Å². The van der Waals surface area contributed by atoms with Gasteiger partial charge in [-0.2, -0.15) is 0 Å². The molecule has 1 heteroatoms. The smallest absolute Gasteiger partial charge is 0.0410 e. The van der Waals surface area contributed by atoms with Crippen molar-refractivity contribution in [1.82, 2.24) is 0 Å². The highest BCUT2D eigenvalue weighted by atomic mass is 15.1. The molecule has 1 aromatic carbocycles. The predicted octanol–water partition coefficient (Wildman–Crippen LogP) is 4.06. The molecule has 16 heavy (non-hydrogen) atoms. The van der Waals surface area contributed by atoms with Crippen LogP contribution >= 0.6 is 0 Å². The van der Waals surface area contributed by atoms with Gasteiger partial charge >= 0.3 is 0 Å². The largest absolute Gasteiger partial charge is 0.342 e. The van der Waals surface area contributed by atoms with Gasteiger partial charge in [0.2, 0.25) is 0 Å². The Morgan fingerprint density at radius 1 is 1.12 bits per heavy atom. The van der Waals surface area contributed by atoms with Crippen LogP contribution in [0.5, 0.6) is 0 Å². The fourth-order valence-corrected chi connectivity index (χ4v) is 2.04. The summed E-state index contributed by atoms with van der Waals surface area (Å²) in [7, 11) is 0. The fourth-order valence-electron chi connectivity index (χ4n) is 2.04. The van der Waals surface area contributed by atoms with E-state index in [1.54, 1.807) is 0 Å². The first-order valence-electron chi connectivity index (χ1n) is 6.02. The highest BCUT2D eigenvalue weighted by Gasteiger charge is 2.08. The average Bonchev–Trinajstić information content (AvgIpc) is 2.34. The van der Waals surface area contributed by atoms with E-state index in [2.05, 4.69) is 61.2 Å². The molecular formula is C15H19N. The lowest BCUT2D eigenvalue weighted by Gasteiger charge is -2.25. The number of hydrogen-bond acceptors (Lipinski definition) is 1. The summed E-state index contributed by atoms with van der Waals surface area (Å²) >= 11 is 0. The molecule has 2 rings (SSSR count). The maximum atomic E-state index is 2.36. The van der Waals surface area contributed by atoms with Crippen molar-refractivity contribution in [3.63, 3.8) is 0 Å². The van der Waals surface area contributed by atoms with Crippen LogP contribution in [-0.4, -0.2) is 6.54 Å². The van der Waals surface area contributed by atoms with Crippen LogP contribution in [0.3, 0.4) is 0 Å². The van der Waals surface area contributed by atoms with Crippen molar-refractivity contribution in [2.75, 3.05) is 11.4 Å². The lowest BCUT2D eigenvalue weighted by atomic mass is 10.1. The topological polar surface area (TPSA) is 3.24 Å². The van der Waals surface area contributed by atoms with Gasteiger partial charge < -0.3 is 4.90 Å². The summed E-state index contributed by atoms with van der Waals surface area (Å²) in [5, 5.41) is 0. The zero-order valence-electron chi connectivity index (χ0n) is 10.1. The summed E-state index contributed by atoms with van der Waals surface area (Å²) in [5.74, 6) is 0. The van der Waals surface area contributed by atoms with Gasteiger partial charge in [-0.3, -0.25) is 0 Å². The van der Waals surface area contributed by atoms with E-state index in [1.165, 1.54) is 23.4 Å². The third-order valence-corrected chi connectivity index (χ3v) is 2.95. The molecule has 0 unspecified atom stereocenters. The quantitative estimate of drug-likeness (QED) is 0.732. The minimum Gasteiger partial charge on any atom is -0.342 e. The van der Waals surface area contributed by atoms with Crippen molar-refractivity contribution in [2.45, 2.75) is 26.7 Å². The summed E-state index contributed by atoms with van der Waals surface area (Å²) in [5.41, 5.74) is 3.93. The second-order valence-corrected chi connectivity index (χ2v) is 4.19. The molecule has 0 spiro atoms. The second kappa shape index (κ2) is 5.02. The Labute approximate surface area is 98.1 Å². The van der Waals surface area contributed by atoms with E-state index in [9.17, 15) is 0 Å². The molecule has 0 saturated carbocycles. The van der Waals surface area contributed by atoms with Crippen LogP contribution in [0, 0.1) is 6.92 Å². The summed E-state index contributed by atoms with van der Waals surface area (Å²) < 4.78 is 0. The van der Waals surface area contributed by atoms with Gasteiger partial charge in [0.25, 0.3) is 0 Å². The summed E-state index contributed by atoms with van der Waals surface area (Å²) in [4.78, 5) is 2.36. The second-order valence-electron chi connectivity index (χ2n) is 4.19. The van der Waals surface area contributed by atoms with E-state index in [-0.39, 0.29) is 0 Å². The molecule has 1 aliphatic rings. The Hall–Kier alpha value is -1.50. The molecule has 0 amide bonds. The van der Waals surface area contributed by atoms with E-state index >= 15 is 0 Å². The van der Waals surface area contributed by atoms with Gasteiger partial charge in [0.05, 0.1) is 0 Å². The third-order valence-electron chi connectivity index (χ3n) is 2.95. The van der Waals surface area contributed by atoms with Crippen LogP contribution in [0.25, 0.3) is 0 Å². The van der Waals surface area contributed by atoms with Crippen LogP contribution in [0.4, 0.5) is 5.69 Å². The van der Waals surface area contributed by atoms with Crippen LogP contribution < -0.4 is 4.90 Å². The number of hydrogen-bond donors (Lipinski definition) is 0. The molecule has 0 atom stereocenters. The van der Waals surface area contributed by atoms with Crippen molar-refractivity contribution in [3.05, 3.63) is 53.8 Å². The Kier molecular flexibility index (Phi) is 3.45. The van der Waals surface area contributed by atoms with Crippen molar-refractivity contribution in [1.29, 1.82) is 0 Å². The molecule has 0 fully saturated rings. The number of likely N-dealkylation sites (N-methyl/N-ethyl adjacent to an activating group) is 1. The van der Waals surface area contributed by atoms with Gasteiger partial charge in [-0.1, -0.05) is 29.8 Å². The number of nitrogens with zero attached hydrogens (tertiary/aromatic N) is 1. The fraction of sp³-hybridized carbons (Fsp3) is 0.333. The molecule has 0 radical (unpaired) electrons. The van der Waals surface area contributed by atoms with Crippen molar-refractivity contribution in [3.8, 4) is 0 Å². The standard InChI is InChI=1S/C15H19N/c1-3-16(14-7-5-4-6-8-14)15-11-9-13(2)10-12-15/h5,7-12H,3-4,6H2,1-2H3. The first-order valence-corrected chi connectivity index (χ1v) is 6.02. The van der Waals surface area contributed by atoms with Gasteiger partial charge in [-0.25, -0.2) is 0 Å². The molecular weight excluding hydrogens is 194 g/mol. The Morgan fingerprint density at radius 3 is 2.44 bits per heavy atom. The predicted molar refractivity (Wildman–Crippen MR) is 70.7 cm³/mol. The number of aryl methyl sites for hydroxylation is 1. The van der Waals surface area contributed by atoms with Crippen LogP contribution in [0.2, 0.25) is 0 Å². The molecule has 1 aromatic rings. The van der Waals surface area contributed by atoms with Crippen molar-refractivity contribution >= 4 is 5.69 Å². The molecule has 0 bridgehead atoms. The molecule has 0 N–H and O–H groups in total. The minimum absolute atomic E-state index is 1.01. The maximum Gasteiger partial charge on any atom is 0.0410 e. The SMILES string of the molecule is CCN(C1=CCCC=C1)c1ccc(C)cc1. The lowest BCUT2D eigenvalue weighted by Crippen LogP contribution is -2.21. The number of rotatable bonds is 3. The van der Waals surface area contributed by atoms with E-state index in [4.69, 9.17) is 0 Å². The number of anilines is 1. The summed E-state index contributed by atoms with van der Waals surface area (Å²) in [6, 6.07) is 8.74. The van der Waals surface area contributed by atoms with Crippen molar-refractivity contribution in [2.24, 2.45) is 0 Å². The summed E-state index contributed by atoms with van der Waals surface area (Å²) in [6.45, 7) is 5.34. The Bertz CT molecular complexity index is 398. The van der Waals surface area contributed by atoms with Gasteiger partial charge in [0.15, 0.2) is 0 Å². The van der Waals surface area contributed by atoms with Crippen LogP contribution in [0.15, 0.2) is 48.2 Å². The van der Waals surface area contributed by atoms with Gasteiger partial charge in [0, 0.05) is 17.9 Å². The highest BCUT2D eigenvalue weighted by Crippen LogP contribution is 2.22. The third kappa shape index (κ3) is 2.35. The minimum atomic E-state index is 1.01. The van der Waals surface area contributed by atoms with E-state index in [0.717, 1.165) is 13.0 Å². The van der Waals surface area contributed by atoms with E-state index in [0.29, 0.717) is 0 Å². The molecule has 0 aliphatic heterocycles. The van der Waals surface area contributed by atoms with Gasteiger partial charge in [-0.15, -0.1) is 0 Å². The zero-order chi connectivity index (χ0) is 11.4. The summed E-state index contributed by atoms with van der Waals surface area (Å²) in [6.07, 6.45) is 9.14. The van der Waals surface area contributed by atoms with E-state index in [1.807, 2.05) is 0 Å². The van der Waals surface area contributed by atoms with Gasteiger partial charge in [-0.05, 0) is 44.9 Å². The maximum absolute atomic E-state index is 2.36. The molecule has 84 valence electrons. The Balaban J connectivity index is 2.25. The van der Waals surface area contributed by atoms with Gasteiger partial charge in [0.1, 0.15) is 0 Å². The van der Waals surface area contributed by atoms with E-state index < -0.39 is 0 Å². The molecule has 1 aliphatic carbocycles. The highest BCUT2D eigenvalue weighted by molar-refractivity contribution is 5.55. The van der Waals surface area contributed by atoms with Crippen molar-refractivity contribution < 1.29 is 0 Å². The first kappa shape index (κ1) is 11.0. The molecule has 1 nitrogen and oxygen atoms in total. The number of benzene rings is 1. The van der Waals surface area contributed by atoms with Crippen LogP contribution in [-0.2, 0) is 0 Å². The number of allylic oxidation sites excluding steroid dienone is 3. The molecule has 0 aromatic heterocycles. The Morgan fingerprint density at radius 2 is 1.88 bits per heavy atom. The molecule has 0 saturated heterocycles.